The van der Waals surface area contributed by atoms with Crippen LogP contribution in [0.25, 0.3) is 0 Å². The van der Waals surface area contributed by atoms with Gasteiger partial charge in [0, 0.05) is 19.0 Å². The van der Waals surface area contributed by atoms with Crippen LogP contribution in [-0.2, 0) is 4.79 Å². The largest absolute Gasteiger partial charge is 0.355 e. The molecule has 1 amide bonds. The van der Waals surface area contributed by atoms with Crippen LogP contribution >= 0.6 is 0 Å². The van der Waals surface area contributed by atoms with Crippen molar-refractivity contribution in [2.24, 2.45) is 17.6 Å². The lowest BCUT2D eigenvalue weighted by molar-refractivity contribution is -0.122. The highest BCUT2D eigenvalue weighted by Crippen LogP contribution is 2.16. The molecule has 0 aromatic rings. The number of likely N-dealkylation sites (tertiary alicyclic amines) is 1. The molecule has 0 radical (unpaired) electrons. The number of rotatable bonds is 8. The third-order valence-electron chi connectivity index (χ3n) is 4.05. The summed E-state index contributed by atoms with van der Waals surface area (Å²) in [6.45, 7) is 10.2. The molecule has 3 N–H and O–H groups in total. The first-order valence-electron chi connectivity index (χ1n) is 7.77. The van der Waals surface area contributed by atoms with E-state index in [0.29, 0.717) is 30.8 Å². The van der Waals surface area contributed by atoms with Crippen LogP contribution in [0.3, 0.4) is 0 Å². The summed E-state index contributed by atoms with van der Waals surface area (Å²) in [5.74, 6) is 1.09. The number of nitrogens with one attached hydrogen (secondary N) is 1. The van der Waals surface area contributed by atoms with Crippen molar-refractivity contribution in [1.29, 1.82) is 0 Å². The van der Waals surface area contributed by atoms with Gasteiger partial charge >= 0.3 is 0 Å². The lowest BCUT2D eigenvalue weighted by atomic mass is 9.94. The van der Waals surface area contributed by atoms with Gasteiger partial charge in [0.15, 0.2) is 0 Å². The Morgan fingerprint density at radius 3 is 2.79 bits per heavy atom. The number of nitrogens with two attached hydrogens (primary N) is 1. The number of amides is 1. The molecular weight excluding hydrogens is 238 g/mol. The molecule has 0 saturated carbocycles. The monoisotopic (exact) mass is 269 g/mol. The van der Waals surface area contributed by atoms with Gasteiger partial charge < -0.3 is 11.1 Å². The van der Waals surface area contributed by atoms with E-state index < -0.39 is 0 Å². The first-order chi connectivity index (χ1) is 9.06. The molecule has 4 nitrogen and oxygen atoms in total. The molecule has 1 rings (SSSR count). The first kappa shape index (κ1) is 16.4. The zero-order valence-corrected chi connectivity index (χ0v) is 12.8. The summed E-state index contributed by atoms with van der Waals surface area (Å²) >= 11 is 0. The van der Waals surface area contributed by atoms with Gasteiger partial charge in [-0.3, -0.25) is 9.69 Å². The minimum absolute atomic E-state index is 0.166. The van der Waals surface area contributed by atoms with E-state index >= 15 is 0 Å². The van der Waals surface area contributed by atoms with Crippen molar-refractivity contribution >= 4 is 5.91 Å². The summed E-state index contributed by atoms with van der Waals surface area (Å²) < 4.78 is 0. The Balaban J connectivity index is 2.26. The average molecular weight is 269 g/mol. The number of nitrogens with zero attached hydrogens (tertiary/aromatic N) is 1. The van der Waals surface area contributed by atoms with E-state index in [0.717, 1.165) is 19.5 Å². The molecule has 1 fully saturated rings. The van der Waals surface area contributed by atoms with E-state index in [4.69, 9.17) is 5.73 Å². The van der Waals surface area contributed by atoms with Crippen LogP contribution in [0.5, 0.6) is 0 Å². The lowest BCUT2D eigenvalue weighted by Crippen LogP contribution is -2.40. The van der Waals surface area contributed by atoms with E-state index in [-0.39, 0.29) is 5.91 Å². The average Bonchev–Trinajstić information content (AvgIpc) is 2.82. The highest BCUT2D eigenvalue weighted by Gasteiger charge is 2.23. The number of hydrogen-bond donors (Lipinski definition) is 2. The summed E-state index contributed by atoms with van der Waals surface area (Å²) in [5.41, 5.74) is 5.74. The van der Waals surface area contributed by atoms with E-state index in [2.05, 4.69) is 31.0 Å². The van der Waals surface area contributed by atoms with Crippen molar-refractivity contribution < 1.29 is 4.79 Å². The molecule has 0 bridgehead atoms. The molecular formula is C15H31N3O. The van der Waals surface area contributed by atoms with Crippen LogP contribution < -0.4 is 11.1 Å². The standard InChI is InChI=1S/C15H31N3O/c1-4-18-7-5-6-14(18)11-17-15(19)9-13(10-16)8-12(2)3/h12-14H,4-11,16H2,1-3H3,(H,17,19). The molecule has 2 unspecified atom stereocenters. The first-order valence-corrected chi connectivity index (χ1v) is 7.77. The smallest absolute Gasteiger partial charge is 0.220 e. The van der Waals surface area contributed by atoms with Gasteiger partial charge in [-0.1, -0.05) is 20.8 Å². The topological polar surface area (TPSA) is 58.4 Å². The fourth-order valence-electron chi connectivity index (χ4n) is 3.04. The summed E-state index contributed by atoms with van der Waals surface area (Å²) in [7, 11) is 0. The predicted molar refractivity (Wildman–Crippen MR) is 79.9 cm³/mol. The minimum atomic E-state index is 0.166. The second-order valence-electron chi connectivity index (χ2n) is 6.16. The second-order valence-corrected chi connectivity index (χ2v) is 6.16. The van der Waals surface area contributed by atoms with Crippen molar-refractivity contribution in [3.8, 4) is 0 Å². The molecule has 1 heterocycles. The van der Waals surface area contributed by atoms with Crippen molar-refractivity contribution in [3.05, 3.63) is 0 Å². The van der Waals surface area contributed by atoms with Gasteiger partial charge in [0.1, 0.15) is 0 Å². The molecule has 0 aromatic heterocycles. The Hall–Kier alpha value is -0.610. The third-order valence-corrected chi connectivity index (χ3v) is 4.05. The Labute approximate surface area is 118 Å². The Morgan fingerprint density at radius 1 is 1.47 bits per heavy atom. The number of carbonyl (C=O) groups is 1. The van der Waals surface area contributed by atoms with Gasteiger partial charge in [-0.2, -0.15) is 0 Å². The summed E-state index contributed by atoms with van der Waals surface area (Å²) in [6.07, 6.45) is 4.08. The van der Waals surface area contributed by atoms with E-state index in [1.165, 1.54) is 19.4 Å². The zero-order chi connectivity index (χ0) is 14.3. The van der Waals surface area contributed by atoms with Gasteiger partial charge in [0.2, 0.25) is 5.91 Å². The Kier molecular flexibility index (Phi) is 7.39. The fraction of sp³-hybridized carbons (Fsp3) is 0.933. The van der Waals surface area contributed by atoms with E-state index in [1.807, 2.05) is 0 Å². The molecule has 19 heavy (non-hydrogen) atoms. The van der Waals surface area contributed by atoms with Gasteiger partial charge in [0.25, 0.3) is 0 Å². The van der Waals surface area contributed by atoms with Gasteiger partial charge in [-0.25, -0.2) is 0 Å². The van der Waals surface area contributed by atoms with Crippen LogP contribution in [0.4, 0.5) is 0 Å². The van der Waals surface area contributed by atoms with Gasteiger partial charge in [-0.05, 0) is 50.7 Å². The summed E-state index contributed by atoms with van der Waals surface area (Å²) in [4.78, 5) is 14.4. The highest BCUT2D eigenvalue weighted by atomic mass is 16.1. The summed E-state index contributed by atoms with van der Waals surface area (Å²) in [6, 6.07) is 0.537. The molecule has 112 valence electrons. The van der Waals surface area contributed by atoms with Crippen LogP contribution in [0.15, 0.2) is 0 Å². The predicted octanol–water partition coefficient (Wildman–Crippen LogP) is 1.60. The normalized spacial score (nSPS) is 21.8. The van der Waals surface area contributed by atoms with Crippen LogP contribution in [-0.4, -0.2) is 43.0 Å². The molecule has 2 atom stereocenters. The fourth-order valence-corrected chi connectivity index (χ4v) is 3.04. The molecule has 4 heteroatoms. The van der Waals surface area contributed by atoms with Crippen molar-refractivity contribution in [3.63, 3.8) is 0 Å². The van der Waals surface area contributed by atoms with Gasteiger partial charge in [-0.15, -0.1) is 0 Å². The molecule has 1 aliphatic heterocycles. The van der Waals surface area contributed by atoms with Crippen molar-refractivity contribution in [2.75, 3.05) is 26.2 Å². The molecule has 1 saturated heterocycles. The maximum atomic E-state index is 12.0. The van der Waals surface area contributed by atoms with Crippen LogP contribution in [0.2, 0.25) is 0 Å². The van der Waals surface area contributed by atoms with Crippen LogP contribution in [0, 0.1) is 11.8 Å². The van der Waals surface area contributed by atoms with Crippen molar-refractivity contribution in [2.45, 2.75) is 52.5 Å². The highest BCUT2D eigenvalue weighted by molar-refractivity contribution is 5.76. The number of carbonyl (C=O) groups excluding carboxylic acids is 1. The lowest BCUT2D eigenvalue weighted by Gasteiger charge is -2.23. The molecule has 0 aliphatic carbocycles. The molecule has 1 aliphatic rings. The van der Waals surface area contributed by atoms with E-state index in [1.54, 1.807) is 0 Å². The van der Waals surface area contributed by atoms with Crippen molar-refractivity contribution in [1.82, 2.24) is 10.2 Å². The van der Waals surface area contributed by atoms with Gasteiger partial charge in [0.05, 0.1) is 0 Å². The zero-order valence-electron chi connectivity index (χ0n) is 12.8. The summed E-state index contributed by atoms with van der Waals surface area (Å²) in [5, 5.41) is 3.09. The quantitative estimate of drug-likeness (QED) is 0.703. The maximum Gasteiger partial charge on any atom is 0.220 e. The maximum absolute atomic E-state index is 12.0. The number of likely N-dealkylation sites (N-methyl/N-ethyl adjacent to an activating group) is 1. The van der Waals surface area contributed by atoms with E-state index in [9.17, 15) is 4.79 Å². The Bertz CT molecular complexity index is 268. The molecule has 0 aromatic carbocycles. The minimum Gasteiger partial charge on any atom is -0.355 e. The number of hydrogen-bond acceptors (Lipinski definition) is 3. The molecule has 0 spiro atoms. The van der Waals surface area contributed by atoms with Crippen LogP contribution in [0.1, 0.15) is 46.5 Å². The Morgan fingerprint density at radius 2 is 2.21 bits per heavy atom. The second kappa shape index (κ2) is 8.54. The third kappa shape index (κ3) is 5.91. The SMILES string of the molecule is CCN1CCCC1CNC(=O)CC(CN)CC(C)C.